The van der Waals surface area contributed by atoms with Gasteiger partial charge < -0.3 is 15.4 Å². The third-order valence-corrected chi connectivity index (χ3v) is 4.41. The minimum absolute atomic E-state index is 0.104. The molecule has 1 rings (SSSR count). The minimum Gasteiger partial charge on any atom is -0.362 e. The predicted molar refractivity (Wildman–Crippen MR) is 102 cm³/mol. The summed E-state index contributed by atoms with van der Waals surface area (Å²) in [4.78, 5) is 23.6. The smallest absolute Gasteiger partial charge is 0.250 e. The van der Waals surface area contributed by atoms with Crippen molar-refractivity contribution in [2.75, 3.05) is 18.5 Å². The molecule has 1 aromatic rings. The molecule has 7 heteroatoms. The van der Waals surface area contributed by atoms with Crippen molar-refractivity contribution in [1.29, 1.82) is 0 Å². The molecule has 0 aliphatic rings. The fraction of sp³-hybridized carbons (Fsp3) is 0.556. The van der Waals surface area contributed by atoms with Crippen LogP contribution < -0.4 is 10.6 Å². The first-order valence-corrected chi connectivity index (χ1v) is 9.30. The van der Waals surface area contributed by atoms with Crippen molar-refractivity contribution in [2.24, 2.45) is 0 Å². The number of anilines is 1. The number of nitrogens with one attached hydrogen (secondary N) is 2. The van der Waals surface area contributed by atoms with Crippen LogP contribution in [0.25, 0.3) is 0 Å². The quantitative estimate of drug-likeness (QED) is 0.551. The Balaban J connectivity index is 2.22. The maximum absolute atomic E-state index is 11.8. The van der Waals surface area contributed by atoms with Gasteiger partial charge in [-0.05, 0) is 25.5 Å². The number of unbranched alkanes of at least 4 members (excludes halogenated alkanes) is 3. The highest BCUT2D eigenvalue weighted by Gasteiger charge is 2.11. The third-order valence-electron chi connectivity index (χ3n) is 3.59. The van der Waals surface area contributed by atoms with Crippen LogP contribution in [-0.2, 0) is 14.3 Å². The number of benzene rings is 1. The average molecular weight is 389 g/mol. The molecule has 2 amide bonds. The number of hydrogen-bond acceptors (Lipinski definition) is 3. The monoisotopic (exact) mass is 388 g/mol. The van der Waals surface area contributed by atoms with Gasteiger partial charge in [-0.25, -0.2) is 0 Å². The molecule has 0 saturated heterocycles. The second-order valence-electron chi connectivity index (χ2n) is 5.96. The number of halogens is 2. The fourth-order valence-electron chi connectivity index (χ4n) is 2.29. The highest BCUT2D eigenvalue weighted by atomic mass is 35.5. The van der Waals surface area contributed by atoms with Crippen LogP contribution in [0.15, 0.2) is 18.2 Å². The van der Waals surface area contributed by atoms with Gasteiger partial charge in [-0.15, -0.1) is 0 Å². The van der Waals surface area contributed by atoms with E-state index < -0.39 is 5.91 Å². The summed E-state index contributed by atoms with van der Waals surface area (Å²) in [5.41, 5.74) is 0.410. The topological polar surface area (TPSA) is 67.4 Å². The molecule has 0 aliphatic carbocycles. The second-order valence-corrected chi connectivity index (χ2v) is 6.75. The van der Waals surface area contributed by atoms with Gasteiger partial charge in [-0.3, -0.25) is 9.59 Å². The molecule has 2 N–H and O–H groups in total. The summed E-state index contributed by atoms with van der Waals surface area (Å²) in [6.07, 6.45) is 5.63. The van der Waals surface area contributed by atoms with Gasteiger partial charge in [0.25, 0.3) is 0 Å². The molecule has 0 bridgehead atoms. The Morgan fingerprint density at radius 3 is 2.56 bits per heavy atom. The molecule has 0 aliphatic heterocycles. The molecule has 25 heavy (non-hydrogen) atoms. The summed E-state index contributed by atoms with van der Waals surface area (Å²) >= 11 is 11.9. The lowest BCUT2D eigenvalue weighted by Crippen LogP contribution is -2.36. The Morgan fingerprint density at radius 1 is 1.12 bits per heavy atom. The van der Waals surface area contributed by atoms with E-state index in [1.807, 2.05) is 6.92 Å². The van der Waals surface area contributed by atoms with Crippen molar-refractivity contribution in [3.8, 4) is 0 Å². The van der Waals surface area contributed by atoms with Crippen molar-refractivity contribution in [1.82, 2.24) is 5.32 Å². The average Bonchev–Trinajstić information content (AvgIpc) is 2.56. The van der Waals surface area contributed by atoms with Gasteiger partial charge >= 0.3 is 0 Å². The summed E-state index contributed by atoms with van der Waals surface area (Å²) in [6.45, 7) is 3.74. The molecular formula is C18H26Cl2N2O3. The number of carbonyl (C=O) groups excluding carboxylic acids is 2. The van der Waals surface area contributed by atoms with E-state index in [2.05, 4.69) is 17.6 Å². The number of rotatable bonds is 11. The van der Waals surface area contributed by atoms with Gasteiger partial charge in [0.15, 0.2) is 0 Å². The largest absolute Gasteiger partial charge is 0.362 e. The molecule has 1 atom stereocenters. The van der Waals surface area contributed by atoms with Crippen molar-refractivity contribution < 1.29 is 14.3 Å². The zero-order valence-corrected chi connectivity index (χ0v) is 16.3. The Labute approximate surface area is 159 Å². The van der Waals surface area contributed by atoms with Crippen molar-refractivity contribution in [3.05, 3.63) is 28.2 Å². The van der Waals surface area contributed by atoms with Crippen molar-refractivity contribution in [3.63, 3.8) is 0 Å². The summed E-state index contributed by atoms with van der Waals surface area (Å²) < 4.78 is 5.14. The van der Waals surface area contributed by atoms with Crippen molar-refractivity contribution in [2.45, 2.75) is 52.0 Å². The van der Waals surface area contributed by atoms with Gasteiger partial charge in [-0.1, -0.05) is 61.9 Å². The van der Waals surface area contributed by atoms with Crippen LogP contribution in [-0.4, -0.2) is 31.1 Å². The van der Waals surface area contributed by atoms with Crippen LogP contribution in [0.2, 0.25) is 10.0 Å². The van der Waals surface area contributed by atoms with Crippen molar-refractivity contribution >= 4 is 40.7 Å². The Morgan fingerprint density at radius 2 is 1.84 bits per heavy atom. The zero-order chi connectivity index (χ0) is 18.7. The first-order valence-electron chi connectivity index (χ1n) is 8.55. The van der Waals surface area contributed by atoms with Gasteiger partial charge in [0.05, 0.1) is 15.7 Å². The van der Waals surface area contributed by atoms with Crippen LogP contribution >= 0.6 is 23.2 Å². The molecule has 0 unspecified atom stereocenters. The first kappa shape index (κ1) is 21.7. The lowest BCUT2D eigenvalue weighted by Gasteiger charge is -2.14. The fourth-order valence-corrected chi connectivity index (χ4v) is 2.64. The van der Waals surface area contributed by atoms with Crippen LogP contribution in [0.4, 0.5) is 5.69 Å². The molecule has 0 heterocycles. The van der Waals surface area contributed by atoms with Gasteiger partial charge in [0.2, 0.25) is 11.8 Å². The highest BCUT2D eigenvalue weighted by molar-refractivity contribution is 6.43. The van der Waals surface area contributed by atoms with Gasteiger partial charge in [-0.2, -0.15) is 0 Å². The van der Waals surface area contributed by atoms with E-state index in [1.165, 1.54) is 19.3 Å². The number of ether oxygens (including phenoxy) is 1. The van der Waals surface area contributed by atoms with Gasteiger partial charge in [0, 0.05) is 6.04 Å². The van der Waals surface area contributed by atoms with Crippen LogP contribution in [0.5, 0.6) is 0 Å². The van der Waals surface area contributed by atoms with Crippen LogP contribution in [0.3, 0.4) is 0 Å². The molecule has 5 nitrogen and oxygen atoms in total. The molecule has 0 spiro atoms. The summed E-state index contributed by atoms with van der Waals surface area (Å²) in [7, 11) is 0. The maximum Gasteiger partial charge on any atom is 0.250 e. The van der Waals surface area contributed by atoms with E-state index in [1.54, 1.807) is 18.2 Å². The van der Waals surface area contributed by atoms with E-state index in [0.717, 1.165) is 12.8 Å². The predicted octanol–water partition coefficient (Wildman–Crippen LogP) is 4.42. The highest BCUT2D eigenvalue weighted by Crippen LogP contribution is 2.29. The Kier molecular flexibility index (Phi) is 10.5. The third kappa shape index (κ3) is 9.10. The SMILES string of the molecule is CCCCCC[C@@H](C)NC(=O)COCC(=O)Nc1cccc(Cl)c1Cl. The lowest BCUT2D eigenvalue weighted by molar-refractivity contribution is -0.129. The Hall–Kier alpha value is -1.30. The molecule has 1 aromatic carbocycles. The number of carbonyl (C=O) groups is 2. The lowest BCUT2D eigenvalue weighted by atomic mass is 10.1. The normalized spacial score (nSPS) is 11.8. The van der Waals surface area contributed by atoms with E-state index in [-0.39, 0.29) is 30.2 Å². The first-order chi connectivity index (χ1) is 11.9. The summed E-state index contributed by atoms with van der Waals surface area (Å²) in [5, 5.41) is 6.08. The van der Waals surface area contributed by atoms with Gasteiger partial charge in [0.1, 0.15) is 13.2 Å². The summed E-state index contributed by atoms with van der Waals surface area (Å²) in [6, 6.07) is 5.05. The maximum atomic E-state index is 11.8. The number of amides is 2. The van der Waals surface area contributed by atoms with E-state index in [4.69, 9.17) is 27.9 Å². The van der Waals surface area contributed by atoms with Crippen LogP contribution in [0, 0.1) is 0 Å². The molecule has 0 radical (unpaired) electrons. The molecule has 0 aromatic heterocycles. The second kappa shape index (κ2) is 12.1. The molecule has 0 saturated carbocycles. The van der Waals surface area contributed by atoms with E-state index >= 15 is 0 Å². The number of hydrogen-bond donors (Lipinski definition) is 2. The molecule has 140 valence electrons. The van der Waals surface area contributed by atoms with Crippen LogP contribution in [0.1, 0.15) is 46.0 Å². The Bertz CT molecular complexity index is 567. The molecular weight excluding hydrogens is 363 g/mol. The van der Waals surface area contributed by atoms with E-state index in [9.17, 15) is 9.59 Å². The molecule has 0 fully saturated rings. The standard InChI is InChI=1S/C18H26Cl2N2O3/c1-3-4-5-6-8-13(2)21-16(23)11-25-12-17(24)22-15-10-7-9-14(19)18(15)20/h7,9-10,13H,3-6,8,11-12H2,1-2H3,(H,21,23)(H,22,24)/t13-/m1/s1. The minimum atomic E-state index is -0.399. The zero-order valence-electron chi connectivity index (χ0n) is 14.7. The summed E-state index contributed by atoms with van der Waals surface area (Å²) in [5.74, 6) is -0.624. The van der Waals surface area contributed by atoms with E-state index in [0.29, 0.717) is 10.7 Å².